The average Bonchev–Trinajstić information content (AvgIpc) is 3.35. The molecule has 1 aromatic heterocycles. The molecular weight excluding hydrogens is 475 g/mol. The Bertz CT molecular complexity index is 1220. The number of Topliss-reactive ketones (excluding diaryl/α,β-unsaturated/α-hetero) is 1. The van der Waals surface area contributed by atoms with Crippen molar-refractivity contribution in [1.29, 1.82) is 0 Å². The maximum atomic E-state index is 13.2. The first-order valence-corrected chi connectivity index (χ1v) is 11.6. The fourth-order valence-electron chi connectivity index (χ4n) is 3.81. The lowest BCUT2D eigenvalue weighted by atomic mass is 10.0. The molecule has 1 fully saturated rings. The van der Waals surface area contributed by atoms with Gasteiger partial charge in [-0.3, -0.25) is 14.4 Å². The second kappa shape index (κ2) is 11.2. The normalized spacial score (nSPS) is 13.9. The Balaban J connectivity index is 1.34. The smallest absolute Gasteiger partial charge is 0.276 e. The standard InChI is InChI=1S/C25H24ClFN4O4/c26-20-12-17(27)3-6-19(20)21(32)11-15-1-4-18(5-2-15)31-25(34)23-22(29-14-30-23)24(33)28-13-16-7-9-35-10-8-16/h1-6,12,14,16H,7-11,13H2,(H,28,33)(H,29,30)(H,31,34). The summed E-state index contributed by atoms with van der Waals surface area (Å²) in [7, 11) is 0. The Hall–Kier alpha value is -3.56. The molecule has 2 amide bonds. The van der Waals surface area contributed by atoms with E-state index < -0.39 is 17.6 Å². The molecule has 35 heavy (non-hydrogen) atoms. The molecule has 0 unspecified atom stereocenters. The van der Waals surface area contributed by atoms with Gasteiger partial charge in [0.15, 0.2) is 11.5 Å². The lowest BCUT2D eigenvalue weighted by molar-refractivity contribution is 0.0642. The Kier molecular flexibility index (Phi) is 7.89. The molecule has 3 N–H and O–H groups in total. The highest BCUT2D eigenvalue weighted by Crippen LogP contribution is 2.20. The van der Waals surface area contributed by atoms with Gasteiger partial charge in [0.1, 0.15) is 11.5 Å². The second-order valence-corrected chi connectivity index (χ2v) is 8.67. The molecule has 182 valence electrons. The molecule has 4 rings (SSSR count). The third kappa shape index (κ3) is 6.32. The van der Waals surface area contributed by atoms with Gasteiger partial charge in [0.25, 0.3) is 11.8 Å². The van der Waals surface area contributed by atoms with Crippen molar-refractivity contribution >= 4 is 34.9 Å². The van der Waals surface area contributed by atoms with Crippen LogP contribution in [0.25, 0.3) is 0 Å². The van der Waals surface area contributed by atoms with Gasteiger partial charge in [-0.05, 0) is 54.7 Å². The largest absolute Gasteiger partial charge is 0.381 e. The van der Waals surface area contributed by atoms with E-state index in [1.165, 1.54) is 18.5 Å². The maximum Gasteiger partial charge on any atom is 0.276 e. The SMILES string of the molecule is O=C(Cc1ccc(NC(=O)c2nc[nH]c2C(=O)NCC2CCOCC2)cc1)c1ccc(F)cc1Cl. The number of H-pyrrole nitrogens is 1. The number of amides is 2. The van der Waals surface area contributed by atoms with Crippen molar-refractivity contribution in [3.63, 3.8) is 0 Å². The molecule has 1 aliphatic rings. The van der Waals surface area contributed by atoms with Crippen LogP contribution in [0.3, 0.4) is 0 Å². The van der Waals surface area contributed by atoms with E-state index >= 15 is 0 Å². The van der Waals surface area contributed by atoms with Gasteiger partial charge in [0.05, 0.1) is 11.3 Å². The lowest BCUT2D eigenvalue weighted by Gasteiger charge is -2.22. The van der Waals surface area contributed by atoms with Crippen molar-refractivity contribution in [2.75, 3.05) is 25.1 Å². The average molecular weight is 499 g/mol. The third-order valence-electron chi connectivity index (χ3n) is 5.78. The highest BCUT2D eigenvalue weighted by molar-refractivity contribution is 6.34. The van der Waals surface area contributed by atoms with Crippen LogP contribution in [0.5, 0.6) is 0 Å². The van der Waals surface area contributed by atoms with Crippen molar-refractivity contribution < 1.29 is 23.5 Å². The topological polar surface area (TPSA) is 113 Å². The summed E-state index contributed by atoms with van der Waals surface area (Å²) in [5.74, 6) is -1.35. The third-order valence-corrected chi connectivity index (χ3v) is 6.09. The number of imidazole rings is 1. The van der Waals surface area contributed by atoms with Crippen LogP contribution in [0.2, 0.25) is 5.02 Å². The van der Waals surface area contributed by atoms with E-state index in [-0.39, 0.29) is 34.2 Å². The van der Waals surface area contributed by atoms with Gasteiger partial charge >= 0.3 is 0 Å². The van der Waals surface area contributed by atoms with Crippen LogP contribution in [0.4, 0.5) is 10.1 Å². The molecule has 0 atom stereocenters. The van der Waals surface area contributed by atoms with Gasteiger partial charge < -0.3 is 20.4 Å². The first-order chi connectivity index (χ1) is 16.9. The van der Waals surface area contributed by atoms with E-state index in [4.69, 9.17) is 16.3 Å². The number of halogens is 2. The number of carbonyl (C=O) groups is 3. The van der Waals surface area contributed by atoms with Crippen LogP contribution in [-0.2, 0) is 11.2 Å². The van der Waals surface area contributed by atoms with Crippen molar-refractivity contribution in [3.05, 3.63) is 82.1 Å². The van der Waals surface area contributed by atoms with Crippen molar-refractivity contribution in [2.24, 2.45) is 5.92 Å². The Labute approximate surface area is 206 Å². The molecule has 0 saturated carbocycles. The maximum absolute atomic E-state index is 13.2. The molecule has 0 spiro atoms. The monoisotopic (exact) mass is 498 g/mol. The second-order valence-electron chi connectivity index (χ2n) is 8.27. The first-order valence-electron chi connectivity index (χ1n) is 11.2. The molecule has 10 heteroatoms. The van der Waals surface area contributed by atoms with E-state index in [1.807, 2.05) is 0 Å². The summed E-state index contributed by atoms with van der Waals surface area (Å²) in [6, 6.07) is 10.3. The summed E-state index contributed by atoms with van der Waals surface area (Å²) in [5, 5.41) is 5.62. The van der Waals surface area contributed by atoms with E-state index in [9.17, 15) is 18.8 Å². The van der Waals surface area contributed by atoms with Crippen LogP contribution in [-0.4, -0.2) is 47.3 Å². The zero-order valence-corrected chi connectivity index (χ0v) is 19.5. The van der Waals surface area contributed by atoms with Gasteiger partial charge in [0.2, 0.25) is 0 Å². The number of aromatic nitrogens is 2. The van der Waals surface area contributed by atoms with Crippen LogP contribution >= 0.6 is 11.6 Å². The molecule has 0 radical (unpaired) electrons. The van der Waals surface area contributed by atoms with Crippen LogP contribution in [0.15, 0.2) is 48.8 Å². The van der Waals surface area contributed by atoms with Gasteiger partial charge in [0, 0.05) is 37.4 Å². The number of anilines is 1. The van der Waals surface area contributed by atoms with E-state index in [0.29, 0.717) is 36.9 Å². The zero-order valence-electron chi connectivity index (χ0n) is 18.8. The summed E-state index contributed by atoms with van der Waals surface area (Å²) in [6.45, 7) is 1.88. The molecule has 1 aliphatic heterocycles. The number of hydrogen-bond donors (Lipinski definition) is 3. The summed E-state index contributed by atoms with van der Waals surface area (Å²) >= 11 is 5.97. The van der Waals surface area contributed by atoms with E-state index in [1.54, 1.807) is 24.3 Å². The fourth-order valence-corrected chi connectivity index (χ4v) is 4.08. The van der Waals surface area contributed by atoms with Gasteiger partial charge in [-0.25, -0.2) is 9.37 Å². The number of ketones is 1. The summed E-state index contributed by atoms with van der Waals surface area (Å²) in [5.41, 5.74) is 1.49. The molecule has 8 nitrogen and oxygen atoms in total. The minimum Gasteiger partial charge on any atom is -0.381 e. The van der Waals surface area contributed by atoms with Gasteiger partial charge in [-0.15, -0.1) is 0 Å². The van der Waals surface area contributed by atoms with Crippen LogP contribution < -0.4 is 10.6 Å². The number of rotatable bonds is 8. The minimum absolute atomic E-state index is 0.0142. The van der Waals surface area contributed by atoms with Crippen LogP contribution in [0.1, 0.15) is 49.7 Å². The lowest BCUT2D eigenvalue weighted by Crippen LogP contribution is -2.33. The van der Waals surface area contributed by atoms with Crippen molar-refractivity contribution in [1.82, 2.24) is 15.3 Å². The van der Waals surface area contributed by atoms with E-state index in [0.717, 1.165) is 18.9 Å². The molecule has 3 aromatic rings. The first kappa shape index (κ1) is 24.6. The Morgan fingerprint density at radius 1 is 1.09 bits per heavy atom. The molecule has 2 aromatic carbocycles. The number of carbonyl (C=O) groups excluding carboxylic acids is 3. The number of nitrogens with zero attached hydrogens (tertiary/aromatic N) is 1. The quantitative estimate of drug-likeness (QED) is 0.406. The predicted molar refractivity (Wildman–Crippen MR) is 128 cm³/mol. The summed E-state index contributed by atoms with van der Waals surface area (Å²) < 4.78 is 18.5. The molecular formula is C25H24ClFN4O4. The van der Waals surface area contributed by atoms with E-state index in [2.05, 4.69) is 20.6 Å². The predicted octanol–water partition coefficient (Wildman–Crippen LogP) is 4.04. The van der Waals surface area contributed by atoms with Gasteiger partial charge in [-0.2, -0.15) is 0 Å². The fraction of sp³-hybridized carbons (Fsp3) is 0.280. The van der Waals surface area contributed by atoms with Crippen molar-refractivity contribution in [2.45, 2.75) is 19.3 Å². The molecule has 0 aliphatic carbocycles. The van der Waals surface area contributed by atoms with Crippen LogP contribution in [0, 0.1) is 11.7 Å². The summed E-state index contributed by atoms with van der Waals surface area (Å²) in [6.07, 6.45) is 3.13. The number of ether oxygens (including phenoxy) is 1. The zero-order chi connectivity index (χ0) is 24.8. The molecule has 1 saturated heterocycles. The Morgan fingerprint density at radius 3 is 2.54 bits per heavy atom. The number of benzene rings is 2. The number of aromatic amines is 1. The summed E-state index contributed by atoms with van der Waals surface area (Å²) in [4.78, 5) is 44.5. The molecule has 0 bridgehead atoms. The molecule has 2 heterocycles. The number of nitrogens with one attached hydrogen (secondary N) is 3. The minimum atomic E-state index is -0.538. The Morgan fingerprint density at radius 2 is 1.83 bits per heavy atom. The van der Waals surface area contributed by atoms with Crippen molar-refractivity contribution in [3.8, 4) is 0 Å². The highest BCUT2D eigenvalue weighted by Gasteiger charge is 2.22. The highest BCUT2D eigenvalue weighted by atomic mass is 35.5. The van der Waals surface area contributed by atoms with Gasteiger partial charge in [-0.1, -0.05) is 23.7 Å². The number of hydrogen-bond acceptors (Lipinski definition) is 5.